The Hall–Kier alpha value is -3.80. The van der Waals surface area contributed by atoms with Gasteiger partial charge in [-0.15, -0.1) is 0 Å². The lowest BCUT2D eigenvalue weighted by molar-refractivity contribution is 0.0341. The van der Waals surface area contributed by atoms with Gasteiger partial charge >= 0.3 is 0 Å². The zero-order valence-corrected chi connectivity index (χ0v) is 25.4. The summed E-state index contributed by atoms with van der Waals surface area (Å²) in [6.45, 7) is 5.23. The molecule has 11 heteroatoms. The van der Waals surface area contributed by atoms with Crippen LogP contribution in [-0.4, -0.2) is 82.3 Å². The Morgan fingerprint density at radius 2 is 1.67 bits per heavy atom. The fourth-order valence-electron chi connectivity index (χ4n) is 4.89. The molecule has 1 aliphatic heterocycles. The number of carbonyl (C=O) groups is 1. The van der Waals surface area contributed by atoms with Gasteiger partial charge in [-0.1, -0.05) is 19.1 Å². The number of nitrogens with zero attached hydrogens (tertiary/aromatic N) is 2. The predicted molar refractivity (Wildman–Crippen MR) is 161 cm³/mol. The summed E-state index contributed by atoms with van der Waals surface area (Å²) in [7, 11) is 1.22. The molecule has 0 fully saturated rings. The number of rotatable bonds is 11. The Labute approximate surface area is 247 Å². The molecular formula is C31H39N3O7S. The minimum absolute atomic E-state index is 0.0531. The maximum atomic E-state index is 13.7. The summed E-state index contributed by atoms with van der Waals surface area (Å²) in [4.78, 5) is 17.6. The van der Waals surface area contributed by atoms with Crippen LogP contribution in [0.25, 0.3) is 0 Å². The molecule has 0 aliphatic carbocycles. The van der Waals surface area contributed by atoms with Crippen LogP contribution in [0.15, 0.2) is 71.6 Å². The van der Waals surface area contributed by atoms with Gasteiger partial charge in [0.1, 0.15) is 23.4 Å². The molecule has 0 spiro atoms. The van der Waals surface area contributed by atoms with Crippen molar-refractivity contribution in [3.8, 4) is 17.2 Å². The number of ether oxygens (including phenoxy) is 3. The van der Waals surface area contributed by atoms with Gasteiger partial charge in [-0.05, 0) is 74.1 Å². The van der Waals surface area contributed by atoms with Crippen molar-refractivity contribution in [3.63, 3.8) is 0 Å². The maximum absolute atomic E-state index is 13.7. The number of nitrogens with one attached hydrogen (secondary N) is 1. The Balaban J connectivity index is 1.60. The fourth-order valence-corrected chi connectivity index (χ4v) is 5.94. The molecule has 3 aromatic rings. The minimum atomic E-state index is -3.93. The average Bonchev–Trinajstić information content (AvgIpc) is 2.99. The second kappa shape index (κ2) is 13.5. The molecule has 0 radical (unpaired) electrons. The highest BCUT2D eigenvalue weighted by Crippen LogP contribution is 2.32. The van der Waals surface area contributed by atoms with Gasteiger partial charge in [-0.2, -0.15) is 0 Å². The monoisotopic (exact) mass is 597 g/mol. The smallest absolute Gasteiger partial charge is 0.261 e. The summed E-state index contributed by atoms with van der Waals surface area (Å²) in [5.41, 5.74) is 1.57. The zero-order chi connectivity index (χ0) is 30.4. The van der Waals surface area contributed by atoms with Crippen molar-refractivity contribution in [2.75, 3.05) is 45.7 Å². The van der Waals surface area contributed by atoms with Crippen molar-refractivity contribution in [3.05, 3.63) is 77.9 Å². The average molecular weight is 598 g/mol. The quantitative estimate of drug-likeness (QED) is 0.342. The molecular weight excluding hydrogens is 558 g/mol. The van der Waals surface area contributed by atoms with Gasteiger partial charge in [0.25, 0.3) is 15.9 Å². The molecule has 0 aromatic heterocycles. The number of likely N-dealkylation sites (N-methyl/N-ethyl adjacent to an activating group) is 1. The first-order valence-electron chi connectivity index (χ1n) is 13.8. The first-order valence-corrected chi connectivity index (χ1v) is 15.2. The van der Waals surface area contributed by atoms with E-state index >= 15 is 0 Å². The number of carbonyl (C=O) groups excluding carboxylic acids is 1. The summed E-state index contributed by atoms with van der Waals surface area (Å²) in [5, 5.41) is 9.94. The van der Waals surface area contributed by atoms with Crippen LogP contribution in [0, 0.1) is 5.92 Å². The van der Waals surface area contributed by atoms with Crippen LogP contribution in [-0.2, 0) is 16.6 Å². The first kappa shape index (κ1) is 31.1. The summed E-state index contributed by atoms with van der Waals surface area (Å²) >= 11 is 0. The molecule has 0 unspecified atom stereocenters. The molecule has 2 N–H and O–H groups in total. The van der Waals surface area contributed by atoms with Crippen molar-refractivity contribution < 1.29 is 32.5 Å². The molecule has 1 aliphatic rings. The summed E-state index contributed by atoms with van der Waals surface area (Å²) < 4.78 is 45.5. The van der Waals surface area contributed by atoms with Crippen LogP contribution in [0.3, 0.4) is 0 Å². The molecule has 0 bridgehead atoms. The van der Waals surface area contributed by atoms with Crippen LogP contribution in [0.2, 0.25) is 0 Å². The van der Waals surface area contributed by atoms with Crippen molar-refractivity contribution in [2.45, 2.75) is 37.4 Å². The topological polar surface area (TPSA) is 118 Å². The molecule has 3 aromatic carbocycles. The van der Waals surface area contributed by atoms with E-state index in [4.69, 9.17) is 14.2 Å². The van der Waals surface area contributed by atoms with E-state index in [2.05, 4.69) is 9.62 Å². The van der Waals surface area contributed by atoms with Crippen molar-refractivity contribution in [1.29, 1.82) is 0 Å². The molecule has 4 rings (SSSR count). The number of hydrogen-bond donors (Lipinski definition) is 2. The van der Waals surface area contributed by atoms with E-state index in [0.717, 1.165) is 11.3 Å². The number of aliphatic hydroxyl groups excluding tert-OH is 1. The van der Waals surface area contributed by atoms with Crippen LogP contribution in [0.4, 0.5) is 5.69 Å². The normalized spacial score (nSPS) is 18.0. The second-order valence-electron chi connectivity index (χ2n) is 10.7. The van der Waals surface area contributed by atoms with Gasteiger partial charge in [0, 0.05) is 31.2 Å². The Morgan fingerprint density at radius 3 is 2.26 bits per heavy atom. The fraction of sp³-hybridized carbons (Fsp3) is 0.387. The Bertz CT molecular complexity index is 1460. The van der Waals surface area contributed by atoms with Crippen molar-refractivity contribution >= 4 is 21.6 Å². The SMILES string of the molecule is COc1ccc(CN(C)C[C@H]2Oc3ccc(NS(=O)(=O)c4ccc(OC)cc4)cc3C(=O)N([C@H](C)CO)C[C@H]2C)cc1. The molecule has 0 saturated heterocycles. The number of fused-ring (bicyclic) bond motifs is 1. The highest BCUT2D eigenvalue weighted by molar-refractivity contribution is 7.92. The van der Waals surface area contributed by atoms with Crippen LogP contribution < -0.4 is 18.9 Å². The standard InChI is InChI=1S/C31H39N3O7S/c1-21-17-34(22(2)20-35)31(36)28-16-24(32-42(37,38)27-13-11-26(40-5)12-14-27)8-15-29(28)41-30(21)19-33(3)18-23-6-9-25(39-4)10-7-23/h6-16,21-22,30,32,35H,17-20H2,1-5H3/t21-,22-,30-/m1/s1. The molecule has 1 heterocycles. The number of methoxy groups -OCH3 is 2. The number of sulfonamides is 1. The van der Waals surface area contributed by atoms with E-state index < -0.39 is 16.1 Å². The van der Waals surface area contributed by atoms with Crippen LogP contribution in [0.5, 0.6) is 17.2 Å². The minimum Gasteiger partial charge on any atom is -0.497 e. The molecule has 42 heavy (non-hydrogen) atoms. The van der Waals surface area contributed by atoms with E-state index in [0.29, 0.717) is 31.1 Å². The number of benzene rings is 3. The molecule has 3 atom stereocenters. The van der Waals surface area contributed by atoms with E-state index in [1.165, 1.54) is 25.3 Å². The van der Waals surface area contributed by atoms with Gasteiger partial charge in [-0.25, -0.2) is 8.42 Å². The van der Waals surface area contributed by atoms with Gasteiger partial charge in [0.05, 0.1) is 37.3 Å². The van der Waals surface area contributed by atoms with E-state index in [-0.39, 0.29) is 40.7 Å². The van der Waals surface area contributed by atoms with Crippen LogP contribution >= 0.6 is 0 Å². The summed E-state index contributed by atoms with van der Waals surface area (Å²) in [6, 6.07) is 18.2. The molecule has 0 saturated carbocycles. The predicted octanol–water partition coefficient (Wildman–Crippen LogP) is 3.86. The van der Waals surface area contributed by atoms with E-state index in [9.17, 15) is 18.3 Å². The van der Waals surface area contributed by atoms with Gasteiger partial charge in [0.2, 0.25) is 0 Å². The Morgan fingerprint density at radius 1 is 1.05 bits per heavy atom. The molecule has 1 amide bonds. The third-order valence-electron chi connectivity index (χ3n) is 7.39. The highest BCUT2D eigenvalue weighted by atomic mass is 32.2. The van der Waals surface area contributed by atoms with Gasteiger partial charge in [-0.3, -0.25) is 14.4 Å². The summed E-state index contributed by atoms with van der Waals surface area (Å²) in [5.74, 6) is 1.30. The van der Waals surface area contributed by atoms with E-state index in [1.54, 1.807) is 43.2 Å². The number of amides is 1. The van der Waals surface area contributed by atoms with Gasteiger partial charge < -0.3 is 24.2 Å². The first-order chi connectivity index (χ1) is 20.0. The van der Waals surface area contributed by atoms with Crippen LogP contribution in [0.1, 0.15) is 29.8 Å². The number of anilines is 1. The third-order valence-corrected chi connectivity index (χ3v) is 8.79. The third kappa shape index (κ3) is 7.33. The van der Waals surface area contributed by atoms with Gasteiger partial charge in [0.15, 0.2) is 0 Å². The second-order valence-corrected chi connectivity index (χ2v) is 12.3. The number of aliphatic hydroxyl groups is 1. The zero-order valence-electron chi connectivity index (χ0n) is 24.6. The summed E-state index contributed by atoms with van der Waals surface area (Å²) in [6.07, 6.45) is -0.282. The Kier molecular flexibility index (Phi) is 9.97. The number of hydrogen-bond acceptors (Lipinski definition) is 8. The lowest BCUT2D eigenvalue weighted by atomic mass is 9.99. The highest BCUT2D eigenvalue weighted by Gasteiger charge is 2.33. The molecule has 226 valence electrons. The molecule has 10 nitrogen and oxygen atoms in total. The van der Waals surface area contributed by atoms with Crippen molar-refractivity contribution in [1.82, 2.24) is 9.80 Å². The lowest BCUT2D eigenvalue weighted by Crippen LogP contribution is -2.49. The van der Waals surface area contributed by atoms with E-state index in [1.807, 2.05) is 38.2 Å². The van der Waals surface area contributed by atoms with Crippen molar-refractivity contribution in [2.24, 2.45) is 5.92 Å². The maximum Gasteiger partial charge on any atom is 0.261 e. The largest absolute Gasteiger partial charge is 0.497 e. The lowest BCUT2D eigenvalue weighted by Gasteiger charge is -2.38.